The Kier molecular flexibility index (Phi) is 9.14. The van der Waals surface area contributed by atoms with Crippen LogP contribution in [-0.4, -0.2) is 51.9 Å². The third-order valence-corrected chi connectivity index (χ3v) is 4.92. The molecule has 0 aromatic heterocycles. The largest absolute Gasteiger partial charge is 0.493 e. The minimum Gasteiger partial charge on any atom is -0.493 e. The van der Waals surface area contributed by atoms with Crippen LogP contribution in [0.25, 0.3) is 0 Å². The fourth-order valence-corrected chi connectivity index (χ4v) is 3.10. The van der Waals surface area contributed by atoms with E-state index in [1.165, 1.54) is 76.1 Å². The Morgan fingerprint density at radius 1 is 0.919 bits per heavy atom. The zero-order valence-electron chi connectivity index (χ0n) is 20.2. The minimum absolute atomic E-state index is 0.173. The van der Waals surface area contributed by atoms with Crippen molar-refractivity contribution in [1.82, 2.24) is 10.7 Å². The quantitative estimate of drug-likeness (QED) is 0.186. The number of hydrazone groups is 1. The topological polar surface area (TPSA) is 125 Å². The van der Waals surface area contributed by atoms with Gasteiger partial charge in [0.25, 0.3) is 11.8 Å². The number of methoxy groups -OCH3 is 3. The molecule has 3 aromatic rings. The van der Waals surface area contributed by atoms with Crippen LogP contribution < -0.4 is 29.7 Å². The van der Waals surface area contributed by atoms with Gasteiger partial charge in [0.05, 0.1) is 39.7 Å². The molecule has 0 bridgehead atoms. The highest BCUT2D eigenvalue weighted by molar-refractivity contribution is 5.97. The normalized spacial score (nSPS) is 10.5. The lowest BCUT2D eigenvalue weighted by molar-refractivity contribution is -0.120. The lowest BCUT2D eigenvalue weighted by Crippen LogP contribution is -2.34. The van der Waals surface area contributed by atoms with Crippen LogP contribution in [-0.2, 0) is 4.79 Å². The summed E-state index contributed by atoms with van der Waals surface area (Å²) in [6, 6.07) is 14.6. The maximum absolute atomic E-state index is 13.7. The summed E-state index contributed by atoms with van der Waals surface area (Å²) < 4.78 is 34.5. The number of benzene rings is 3. The summed E-state index contributed by atoms with van der Waals surface area (Å²) in [6.45, 7) is -0.336. The Balaban J connectivity index is 1.50. The molecule has 0 fully saturated rings. The van der Waals surface area contributed by atoms with Crippen LogP contribution in [0.2, 0.25) is 0 Å². The number of rotatable bonds is 10. The summed E-state index contributed by atoms with van der Waals surface area (Å²) in [5.74, 6) is -1.43. The third kappa shape index (κ3) is 7.04. The van der Waals surface area contributed by atoms with Gasteiger partial charge in [-0.3, -0.25) is 9.59 Å². The molecule has 11 heteroatoms. The monoisotopic (exact) mass is 509 g/mol. The van der Waals surface area contributed by atoms with E-state index in [9.17, 15) is 18.8 Å². The average molecular weight is 509 g/mol. The zero-order chi connectivity index (χ0) is 26.8. The fourth-order valence-electron chi connectivity index (χ4n) is 3.10. The van der Waals surface area contributed by atoms with E-state index in [1.807, 2.05) is 0 Å². The molecule has 3 aromatic carbocycles. The van der Waals surface area contributed by atoms with Gasteiger partial charge in [0.2, 0.25) is 5.75 Å². The summed E-state index contributed by atoms with van der Waals surface area (Å²) in [7, 11) is 4.30. The Morgan fingerprint density at radius 2 is 1.57 bits per heavy atom. The van der Waals surface area contributed by atoms with Crippen LogP contribution in [0.4, 0.5) is 4.39 Å². The summed E-state index contributed by atoms with van der Waals surface area (Å²) >= 11 is 0. The molecule has 0 radical (unpaired) electrons. The third-order valence-electron chi connectivity index (χ3n) is 4.92. The Hall–Kier alpha value is -4.93. The standard InChI is InChI=1S/C26H24FN3O7/c1-34-21-12-17(13-22(35-2)24(21)36-3)25(32)28-15-23(31)30-29-14-16-8-10-18(11-9-16)37-26(33)19-6-4-5-7-20(19)27/h4-14H,15H2,1-3H3,(H,28,32)(H,30,31)/b29-14+. The molecule has 0 aliphatic heterocycles. The molecule has 0 unspecified atom stereocenters. The van der Waals surface area contributed by atoms with Crippen LogP contribution in [0.15, 0.2) is 65.8 Å². The van der Waals surface area contributed by atoms with Gasteiger partial charge in [0.15, 0.2) is 11.5 Å². The molecule has 0 spiro atoms. The molecular formula is C26H24FN3O7. The van der Waals surface area contributed by atoms with Gasteiger partial charge < -0.3 is 24.3 Å². The van der Waals surface area contributed by atoms with Crippen LogP contribution in [0, 0.1) is 5.82 Å². The smallest absolute Gasteiger partial charge is 0.346 e. The van der Waals surface area contributed by atoms with E-state index < -0.39 is 23.6 Å². The van der Waals surface area contributed by atoms with E-state index in [0.29, 0.717) is 22.8 Å². The highest BCUT2D eigenvalue weighted by atomic mass is 19.1. The van der Waals surface area contributed by atoms with Gasteiger partial charge >= 0.3 is 5.97 Å². The maximum atomic E-state index is 13.7. The molecule has 3 rings (SSSR count). The van der Waals surface area contributed by atoms with E-state index in [2.05, 4.69) is 15.8 Å². The number of nitrogens with one attached hydrogen (secondary N) is 2. The van der Waals surface area contributed by atoms with Gasteiger partial charge in [-0.25, -0.2) is 14.6 Å². The predicted octanol–water partition coefficient (Wildman–Crippen LogP) is 2.95. The van der Waals surface area contributed by atoms with Gasteiger partial charge in [-0.05, 0) is 54.1 Å². The van der Waals surface area contributed by atoms with Crippen LogP contribution in [0.1, 0.15) is 26.3 Å². The first-order valence-corrected chi connectivity index (χ1v) is 10.8. The number of hydrogen-bond acceptors (Lipinski definition) is 8. The SMILES string of the molecule is COc1cc(C(=O)NCC(=O)N/N=C/c2ccc(OC(=O)c3ccccc3F)cc2)cc(OC)c1OC. The first-order valence-electron chi connectivity index (χ1n) is 10.8. The first kappa shape index (κ1) is 26.7. The molecule has 2 N–H and O–H groups in total. The number of nitrogens with zero attached hydrogens (tertiary/aromatic N) is 1. The lowest BCUT2D eigenvalue weighted by Gasteiger charge is -2.14. The molecular weight excluding hydrogens is 485 g/mol. The van der Waals surface area contributed by atoms with E-state index in [-0.39, 0.29) is 23.4 Å². The fraction of sp³-hybridized carbons (Fsp3) is 0.154. The average Bonchev–Trinajstić information content (AvgIpc) is 2.91. The zero-order valence-corrected chi connectivity index (χ0v) is 20.2. The van der Waals surface area contributed by atoms with E-state index in [1.54, 1.807) is 12.1 Å². The van der Waals surface area contributed by atoms with Crippen molar-refractivity contribution in [3.8, 4) is 23.0 Å². The van der Waals surface area contributed by atoms with E-state index in [4.69, 9.17) is 18.9 Å². The molecule has 37 heavy (non-hydrogen) atoms. The van der Waals surface area contributed by atoms with Crippen molar-refractivity contribution in [2.24, 2.45) is 5.10 Å². The van der Waals surface area contributed by atoms with Crippen molar-refractivity contribution >= 4 is 24.0 Å². The second kappa shape index (κ2) is 12.7. The Bertz CT molecular complexity index is 1280. The second-order valence-electron chi connectivity index (χ2n) is 7.33. The van der Waals surface area contributed by atoms with E-state index in [0.717, 1.165) is 0 Å². The number of amides is 2. The van der Waals surface area contributed by atoms with Crippen molar-refractivity contribution < 1.29 is 37.7 Å². The number of carbonyl (C=O) groups is 3. The van der Waals surface area contributed by atoms with Gasteiger partial charge in [0, 0.05) is 5.56 Å². The molecule has 0 aliphatic carbocycles. The number of hydrogen-bond donors (Lipinski definition) is 2. The van der Waals surface area contributed by atoms with Gasteiger partial charge in [-0.1, -0.05) is 12.1 Å². The van der Waals surface area contributed by atoms with Crippen LogP contribution in [0.3, 0.4) is 0 Å². The van der Waals surface area contributed by atoms with Crippen molar-refractivity contribution in [1.29, 1.82) is 0 Å². The molecule has 0 saturated carbocycles. The highest BCUT2D eigenvalue weighted by Gasteiger charge is 2.17. The molecule has 0 heterocycles. The maximum Gasteiger partial charge on any atom is 0.346 e. The molecule has 0 atom stereocenters. The number of halogens is 1. The van der Waals surface area contributed by atoms with Gasteiger partial charge in [0.1, 0.15) is 11.6 Å². The lowest BCUT2D eigenvalue weighted by atomic mass is 10.1. The minimum atomic E-state index is -0.819. The Labute approximate surface area is 212 Å². The first-order chi connectivity index (χ1) is 17.9. The Morgan fingerprint density at radius 3 is 2.16 bits per heavy atom. The predicted molar refractivity (Wildman–Crippen MR) is 132 cm³/mol. The van der Waals surface area contributed by atoms with Gasteiger partial charge in [-0.2, -0.15) is 5.10 Å². The van der Waals surface area contributed by atoms with Crippen LogP contribution >= 0.6 is 0 Å². The summed E-state index contributed by atoms with van der Waals surface area (Å²) in [5, 5.41) is 6.31. The molecule has 2 amide bonds. The number of esters is 1. The van der Waals surface area contributed by atoms with Crippen molar-refractivity contribution in [2.45, 2.75) is 0 Å². The van der Waals surface area contributed by atoms with Crippen LogP contribution in [0.5, 0.6) is 23.0 Å². The van der Waals surface area contributed by atoms with E-state index >= 15 is 0 Å². The molecule has 0 aliphatic rings. The van der Waals surface area contributed by atoms with Crippen molar-refractivity contribution in [3.63, 3.8) is 0 Å². The number of ether oxygens (including phenoxy) is 4. The van der Waals surface area contributed by atoms with Gasteiger partial charge in [-0.15, -0.1) is 0 Å². The van der Waals surface area contributed by atoms with Crippen molar-refractivity contribution in [3.05, 3.63) is 83.2 Å². The molecule has 192 valence electrons. The summed E-state index contributed by atoms with van der Waals surface area (Å²) in [6.07, 6.45) is 1.36. The van der Waals surface area contributed by atoms with Crippen molar-refractivity contribution in [2.75, 3.05) is 27.9 Å². The summed E-state index contributed by atoms with van der Waals surface area (Å²) in [4.78, 5) is 36.6. The molecule has 0 saturated heterocycles. The summed E-state index contributed by atoms with van der Waals surface area (Å²) in [5.41, 5.74) is 2.92. The molecule has 10 nitrogen and oxygen atoms in total. The second-order valence-corrected chi connectivity index (χ2v) is 7.33. The highest BCUT2D eigenvalue weighted by Crippen LogP contribution is 2.38. The number of carbonyl (C=O) groups excluding carboxylic acids is 3.